The van der Waals surface area contributed by atoms with Gasteiger partial charge in [0.2, 0.25) is 5.91 Å². The Morgan fingerprint density at radius 3 is 2.53 bits per heavy atom. The Kier molecular flexibility index (Phi) is 12.8. The van der Waals surface area contributed by atoms with E-state index in [4.69, 9.17) is 1.34 Å². The summed E-state index contributed by atoms with van der Waals surface area (Å²) in [6.07, 6.45) is 2.03. The minimum Gasteiger partial charge on any atom is -0.349 e. The molecule has 1 aromatic rings. The van der Waals surface area contributed by atoms with Crippen molar-refractivity contribution in [1.82, 2.24) is 0 Å². The van der Waals surface area contributed by atoms with Gasteiger partial charge in [-0.25, -0.2) is 0 Å². The molecule has 0 saturated heterocycles. The molecule has 0 fully saturated rings. The molecule has 0 aliphatic carbocycles. The largest absolute Gasteiger partial charge is 1.00 e. The quantitative estimate of drug-likeness (QED) is 0.531. The van der Waals surface area contributed by atoms with E-state index in [-0.39, 0.29) is 57.3 Å². The standard InChI is InChI=1S/C8H8NO.C3H8B.K/c1-7(10)9-8-5-3-2-4-6-8;1-2-3-4;/h3-6H,1H3,(H,9,10);4H,2-3H2,1H3;/q-1;;+1/i;4D;. The van der Waals surface area contributed by atoms with Crippen molar-refractivity contribution in [3.63, 3.8) is 0 Å². The topological polar surface area (TPSA) is 29.1 Å². The average Bonchev–Trinajstić information content (AvgIpc) is 2.20. The fourth-order valence-electron chi connectivity index (χ4n) is 0.673. The van der Waals surface area contributed by atoms with E-state index in [0.29, 0.717) is 0 Å². The van der Waals surface area contributed by atoms with E-state index in [1.807, 2.05) is 0 Å². The molecule has 1 amide bonds. The van der Waals surface area contributed by atoms with Crippen molar-refractivity contribution in [3.8, 4) is 0 Å². The summed E-state index contributed by atoms with van der Waals surface area (Å²) in [7, 11) is 1.43. The molecule has 0 heterocycles. The molecule has 1 radical (unpaired) electrons. The summed E-state index contributed by atoms with van der Waals surface area (Å²) in [4.78, 5) is 10.5. The van der Waals surface area contributed by atoms with E-state index < -0.39 is 0 Å². The molecule has 4 heteroatoms. The van der Waals surface area contributed by atoms with Crippen LogP contribution in [-0.4, -0.2) is 15.1 Å². The van der Waals surface area contributed by atoms with E-state index in [2.05, 4.69) is 18.3 Å². The molecule has 15 heavy (non-hydrogen) atoms. The van der Waals surface area contributed by atoms with E-state index in [9.17, 15) is 4.79 Å². The molecule has 0 bridgehead atoms. The van der Waals surface area contributed by atoms with Gasteiger partial charge in [-0.15, -0.1) is 12.1 Å². The molecule has 1 aromatic carbocycles. The van der Waals surface area contributed by atoms with Crippen molar-refractivity contribution in [2.45, 2.75) is 26.6 Å². The van der Waals surface area contributed by atoms with Crippen LogP contribution in [0.25, 0.3) is 0 Å². The third-order valence-electron chi connectivity index (χ3n) is 1.33. The first-order valence-corrected chi connectivity index (χ1v) is 4.64. The molecular weight excluding hydrogens is 212 g/mol. The van der Waals surface area contributed by atoms with E-state index in [0.717, 1.165) is 18.4 Å². The number of amides is 1. The molecule has 75 valence electrons. The summed E-state index contributed by atoms with van der Waals surface area (Å²) in [5, 5.41) is 2.65. The first kappa shape index (κ1) is 15.4. The first-order valence-electron chi connectivity index (χ1n) is 5.22. The zero-order valence-corrected chi connectivity index (χ0v) is 12.8. The van der Waals surface area contributed by atoms with Crippen molar-refractivity contribution >= 4 is 19.4 Å². The second kappa shape index (κ2) is 12.5. The van der Waals surface area contributed by atoms with Gasteiger partial charge in [0.25, 0.3) is 0 Å². The van der Waals surface area contributed by atoms with Crippen molar-refractivity contribution in [2.75, 3.05) is 5.32 Å². The smallest absolute Gasteiger partial charge is 0.349 e. The Bertz CT molecular complexity index is 270. The predicted molar refractivity (Wildman–Crippen MR) is 61.8 cm³/mol. The number of nitrogens with one attached hydrogen (secondary N) is 1. The van der Waals surface area contributed by atoms with Gasteiger partial charge in [-0.05, 0) is 1.34 Å². The molecule has 0 aliphatic heterocycles. The normalized spacial score (nSPS) is 8.53. The summed E-state index contributed by atoms with van der Waals surface area (Å²) < 4.78 is 6.48. The molecule has 1 rings (SSSR count). The first-order chi connectivity index (χ1) is 7.20. The van der Waals surface area contributed by atoms with Gasteiger partial charge in [0.05, 0.1) is 7.81 Å². The molecule has 0 aliphatic rings. The fourth-order valence-corrected chi connectivity index (χ4v) is 0.673. The summed E-state index contributed by atoms with van der Waals surface area (Å²) in [6, 6.07) is 9.95. The number of rotatable bonds is 3. The fraction of sp³-hybridized carbons (Fsp3) is 0.364. The van der Waals surface area contributed by atoms with Gasteiger partial charge < -0.3 is 5.32 Å². The van der Waals surface area contributed by atoms with E-state index in [1.165, 1.54) is 14.7 Å². The maximum Gasteiger partial charge on any atom is 1.00 e. The molecule has 1 N–H and O–H groups in total. The van der Waals surface area contributed by atoms with Crippen molar-refractivity contribution in [2.24, 2.45) is 0 Å². The van der Waals surface area contributed by atoms with Crippen molar-refractivity contribution in [3.05, 3.63) is 30.3 Å². The van der Waals surface area contributed by atoms with Crippen LogP contribution in [0, 0.1) is 6.07 Å². The number of benzene rings is 1. The zero-order valence-electron chi connectivity index (χ0n) is 10.7. The van der Waals surface area contributed by atoms with E-state index in [1.54, 1.807) is 24.3 Å². The van der Waals surface area contributed by atoms with Crippen LogP contribution in [0.15, 0.2) is 24.3 Å². The van der Waals surface area contributed by atoms with Crippen molar-refractivity contribution < 1.29 is 56.2 Å². The minimum atomic E-state index is -0.0498. The number of hydrogen-bond acceptors (Lipinski definition) is 1. The number of anilines is 1. The van der Waals surface area contributed by atoms with Crippen LogP contribution in [0.3, 0.4) is 0 Å². The zero-order chi connectivity index (χ0) is 11.5. The van der Waals surface area contributed by atoms with Gasteiger partial charge >= 0.3 is 51.4 Å². The Hall–Kier alpha value is 0.391. The summed E-state index contributed by atoms with van der Waals surface area (Å²) >= 11 is 0. The summed E-state index contributed by atoms with van der Waals surface area (Å²) in [5.74, 6) is -0.0498. The van der Waals surface area contributed by atoms with Gasteiger partial charge in [0, 0.05) is 6.92 Å². The monoisotopic (exact) mass is 229 g/mol. The van der Waals surface area contributed by atoms with Crippen LogP contribution in [0.2, 0.25) is 6.32 Å². The average molecular weight is 229 g/mol. The third-order valence-corrected chi connectivity index (χ3v) is 1.33. The van der Waals surface area contributed by atoms with Crippen LogP contribution in [0.5, 0.6) is 0 Å². The Balaban J connectivity index is 0. The SMILES string of the molecule is CC(=O)Nc1cc[c-]cc1.[2H][B]CCC.[K+]. The molecule has 0 spiro atoms. The molecule has 0 unspecified atom stereocenters. The summed E-state index contributed by atoms with van der Waals surface area (Å²) in [5.41, 5.74) is 0.811. The number of hydrogen-bond donors (Lipinski definition) is 1. The van der Waals surface area contributed by atoms with Crippen LogP contribution >= 0.6 is 0 Å². The van der Waals surface area contributed by atoms with Crippen molar-refractivity contribution in [1.29, 1.82) is 1.34 Å². The molecule has 2 nitrogen and oxygen atoms in total. The molecular formula is C11H16BKNO. The predicted octanol–water partition coefficient (Wildman–Crippen LogP) is -0.835. The second-order valence-corrected chi connectivity index (χ2v) is 2.76. The molecule has 0 aromatic heterocycles. The van der Waals surface area contributed by atoms with E-state index >= 15 is 0 Å². The maximum atomic E-state index is 10.5. The van der Waals surface area contributed by atoms with Gasteiger partial charge in [-0.3, -0.25) is 4.79 Å². The van der Waals surface area contributed by atoms with Gasteiger partial charge in [0.15, 0.2) is 0 Å². The Morgan fingerprint density at radius 2 is 2.20 bits per heavy atom. The Labute approximate surface area is 137 Å². The van der Waals surface area contributed by atoms with Crippen LogP contribution in [0.1, 0.15) is 20.3 Å². The van der Waals surface area contributed by atoms with Gasteiger partial charge in [0.1, 0.15) is 0 Å². The minimum absolute atomic E-state index is 0. The second-order valence-electron chi connectivity index (χ2n) is 2.76. The van der Waals surface area contributed by atoms with Crippen LogP contribution in [-0.2, 0) is 4.79 Å². The molecule has 0 saturated carbocycles. The van der Waals surface area contributed by atoms with Crippen LogP contribution < -0.4 is 56.7 Å². The van der Waals surface area contributed by atoms with Gasteiger partial charge in [-0.2, -0.15) is 18.2 Å². The number of carbonyl (C=O) groups is 1. The Morgan fingerprint density at radius 1 is 1.60 bits per heavy atom. The maximum absolute atomic E-state index is 10.5. The van der Waals surface area contributed by atoms with Gasteiger partial charge in [-0.1, -0.05) is 25.4 Å². The van der Waals surface area contributed by atoms with Crippen LogP contribution in [0.4, 0.5) is 5.69 Å². The summed E-state index contributed by atoms with van der Waals surface area (Å²) in [6.45, 7) is 3.54. The third kappa shape index (κ3) is 12.3. The number of carbonyl (C=O) groups excluding carboxylic acids is 1. The molecule has 0 atom stereocenters.